The minimum absolute atomic E-state index is 0.185. The van der Waals surface area contributed by atoms with Gasteiger partial charge in [0.2, 0.25) is 10.0 Å². The molecule has 0 saturated heterocycles. The van der Waals surface area contributed by atoms with Crippen LogP contribution < -0.4 is 5.32 Å². The van der Waals surface area contributed by atoms with E-state index >= 15 is 0 Å². The second-order valence-electron chi connectivity index (χ2n) is 5.31. The number of aryl methyl sites for hydroxylation is 2. The van der Waals surface area contributed by atoms with E-state index in [1.165, 1.54) is 4.31 Å². The molecule has 0 heterocycles. The zero-order valence-corrected chi connectivity index (χ0v) is 14.1. The maximum Gasteiger partial charge on any atom is 0.243 e. The van der Waals surface area contributed by atoms with Gasteiger partial charge >= 0.3 is 0 Å². The summed E-state index contributed by atoms with van der Waals surface area (Å²) in [5, 5.41) is 11.8. The van der Waals surface area contributed by atoms with Crippen molar-refractivity contribution >= 4 is 15.7 Å². The Kier molecular flexibility index (Phi) is 5.76. The monoisotopic (exact) mass is 309 g/mol. The van der Waals surface area contributed by atoms with E-state index < -0.39 is 10.0 Å². The summed E-state index contributed by atoms with van der Waals surface area (Å²) in [7, 11) is -1.80. The van der Waals surface area contributed by atoms with Crippen molar-refractivity contribution in [3.8, 4) is 6.07 Å². The van der Waals surface area contributed by atoms with Gasteiger partial charge in [0.05, 0.1) is 11.0 Å². The summed E-state index contributed by atoms with van der Waals surface area (Å²) in [5.74, 6) is 0. The number of nitriles is 1. The van der Waals surface area contributed by atoms with Gasteiger partial charge in [0.25, 0.3) is 0 Å². The number of nitrogens with zero attached hydrogens (tertiary/aromatic N) is 2. The predicted molar refractivity (Wildman–Crippen MR) is 84.7 cm³/mol. The third-order valence-corrected chi connectivity index (χ3v) is 5.72. The Morgan fingerprint density at radius 1 is 1.29 bits per heavy atom. The summed E-state index contributed by atoms with van der Waals surface area (Å²) in [6.07, 6.45) is 0.185. The fourth-order valence-electron chi connectivity index (χ4n) is 2.43. The summed E-state index contributed by atoms with van der Waals surface area (Å²) in [4.78, 5) is 0.341. The molecular weight excluding hydrogens is 286 g/mol. The van der Waals surface area contributed by atoms with E-state index in [0.717, 1.165) is 5.69 Å². The van der Waals surface area contributed by atoms with Crippen LogP contribution >= 0.6 is 0 Å². The summed E-state index contributed by atoms with van der Waals surface area (Å²) < 4.78 is 27.2. The van der Waals surface area contributed by atoms with E-state index in [-0.39, 0.29) is 19.0 Å². The molecule has 1 aromatic rings. The van der Waals surface area contributed by atoms with Gasteiger partial charge in [-0.25, -0.2) is 8.42 Å². The van der Waals surface area contributed by atoms with E-state index in [2.05, 4.69) is 5.32 Å². The first kappa shape index (κ1) is 17.5. The van der Waals surface area contributed by atoms with Crippen LogP contribution in [0, 0.1) is 25.2 Å². The molecule has 1 rings (SSSR count). The molecule has 0 aliphatic heterocycles. The average Bonchev–Trinajstić information content (AvgIpc) is 2.37. The Hall–Kier alpha value is -1.58. The highest BCUT2D eigenvalue weighted by molar-refractivity contribution is 7.89. The van der Waals surface area contributed by atoms with Crippen molar-refractivity contribution in [3.63, 3.8) is 0 Å². The van der Waals surface area contributed by atoms with Gasteiger partial charge in [0.15, 0.2) is 0 Å². The van der Waals surface area contributed by atoms with Crippen LogP contribution in [0.5, 0.6) is 0 Å². The third kappa shape index (κ3) is 3.74. The van der Waals surface area contributed by atoms with Crippen LogP contribution in [0.4, 0.5) is 5.69 Å². The highest BCUT2D eigenvalue weighted by Gasteiger charge is 2.29. The smallest absolute Gasteiger partial charge is 0.243 e. The fraction of sp³-hybridized carbons (Fsp3) is 0.533. The van der Waals surface area contributed by atoms with E-state index in [1.807, 2.05) is 32.0 Å². The number of sulfonamides is 1. The number of hydrogen-bond donors (Lipinski definition) is 1. The average molecular weight is 309 g/mol. The number of hydrogen-bond acceptors (Lipinski definition) is 4. The second-order valence-corrected chi connectivity index (χ2v) is 7.13. The molecule has 116 valence electrons. The SMILES string of the molecule is CNc1cc(C)c(S(=O)(=O)N(CCC#N)C(C)C)c(C)c1. The Morgan fingerprint density at radius 3 is 2.19 bits per heavy atom. The second kappa shape index (κ2) is 6.92. The number of nitrogens with one attached hydrogen (secondary N) is 1. The van der Waals surface area contributed by atoms with Crippen molar-refractivity contribution in [2.45, 2.75) is 45.1 Å². The first-order valence-corrected chi connectivity index (χ1v) is 8.37. The van der Waals surface area contributed by atoms with E-state index in [1.54, 1.807) is 20.9 Å². The maximum absolute atomic E-state index is 12.9. The molecular formula is C15H23N3O2S. The van der Waals surface area contributed by atoms with Crippen LogP contribution in [-0.4, -0.2) is 32.4 Å². The summed E-state index contributed by atoms with van der Waals surface area (Å²) in [5.41, 5.74) is 2.31. The van der Waals surface area contributed by atoms with Crippen molar-refractivity contribution in [3.05, 3.63) is 23.3 Å². The quantitative estimate of drug-likeness (QED) is 0.876. The van der Waals surface area contributed by atoms with Crippen LogP contribution in [-0.2, 0) is 10.0 Å². The van der Waals surface area contributed by atoms with Crippen LogP contribution in [0.3, 0.4) is 0 Å². The Balaban J connectivity index is 3.39. The molecule has 6 heteroatoms. The molecule has 0 spiro atoms. The molecule has 0 saturated carbocycles. The third-order valence-electron chi connectivity index (χ3n) is 3.34. The van der Waals surface area contributed by atoms with Gasteiger partial charge in [-0.15, -0.1) is 0 Å². The molecule has 0 aliphatic carbocycles. The van der Waals surface area contributed by atoms with Gasteiger partial charge in [-0.1, -0.05) is 0 Å². The molecule has 1 N–H and O–H groups in total. The summed E-state index contributed by atoms with van der Waals surface area (Å²) in [6, 6.07) is 5.46. The normalized spacial score (nSPS) is 11.7. The first-order valence-electron chi connectivity index (χ1n) is 6.93. The molecule has 0 aromatic heterocycles. The molecule has 0 bridgehead atoms. The van der Waals surface area contributed by atoms with Crippen molar-refractivity contribution in [1.29, 1.82) is 5.26 Å². The van der Waals surface area contributed by atoms with Gasteiger partial charge in [-0.3, -0.25) is 0 Å². The summed E-state index contributed by atoms with van der Waals surface area (Å²) >= 11 is 0. The van der Waals surface area contributed by atoms with Crippen molar-refractivity contribution < 1.29 is 8.42 Å². The zero-order valence-electron chi connectivity index (χ0n) is 13.3. The summed E-state index contributed by atoms with van der Waals surface area (Å²) in [6.45, 7) is 7.44. The minimum atomic E-state index is -3.60. The minimum Gasteiger partial charge on any atom is -0.388 e. The van der Waals surface area contributed by atoms with Gasteiger partial charge < -0.3 is 5.32 Å². The lowest BCUT2D eigenvalue weighted by Crippen LogP contribution is -2.38. The Morgan fingerprint density at radius 2 is 1.81 bits per heavy atom. The standard InChI is InChI=1S/C15H23N3O2S/c1-11(2)18(8-6-7-16)21(19,20)15-12(3)9-14(17-5)10-13(15)4/h9-11,17H,6,8H2,1-5H3. The van der Waals surface area contributed by atoms with Crippen LogP contribution in [0.15, 0.2) is 17.0 Å². The molecule has 0 atom stereocenters. The fourth-order valence-corrected chi connectivity index (χ4v) is 4.49. The Labute approximate surface area is 127 Å². The van der Waals surface area contributed by atoms with Crippen molar-refractivity contribution in [2.24, 2.45) is 0 Å². The zero-order chi connectivity index (χ0) is 16.2. The molecule has 0 aliphatic rings. The van der Waals surface area contributed by atoms with Crippen molar-refractivity contribution in [2.75, 3.05) is 18.9 Å². The molecule has 1 aromatic carbocycles. The van der Waals surface area contributed by atoms with Crippen LogP contribution in [0.1, 0.15) is 31.4 Å². The van der Waals surface area contributed by atoms with Gasteiger partial charge in [0, 0.05) is 31.7 Å². The lowest BCUT2D eigenvalue weighted by atomic mass is 10.1. The molecule has 0 unspecified atom stereocenters. The topological polar surface area (TPSA) is 73.2 Å². The lowest BCUT2D eigenvalue weighted by molar-refractivity contribution is 0.360. The largest absolute Gasteiger partial charge is 0.388 e. The number of anilines is 1. The number of rotatable bonds is 6. The van der Waals surface area contributed by atoms with E-state index in [9.17, 15) is 8.42 Å². The van der Waals surface area contributed by atoms with Crippen molar-refractivity contribution in [1.82, 2.24) is 4.31 Å². The Bertz CT molecular complexity index is 622. The lowest BCUT2D eigenvalue weighted by Gasteiger charge is -2.27. The predicted octanol–water partition coefficient (Wildman–Crippen LogP) is 2.66. The highest BCUT2D eigenvalue weighted by atomic mass is 32.2. The van der Waals surface area contributed by atoms with Gasteiger partial charge in [-0.2, -0.15) is 9.57 Å². The number of benzene rings is 1. The molecule has 21 heavy (non-hydrogen) atoms. The van der Waals surface area contributed by atoms with E-state index in [4.69, 9.17) is 5.26 Å². The maximum atomic E-state index is 12.9. The first-order chi connectivity index (χ1) is 9.75. The van der Waals surface area contributed by atoms with Crippen LogP contribution in [0.2, 0.25) is 0 Å². The molecule has 0 amide bonds. The van der Waals surface area contributed by atoms with E-state index in [0.29, 0.717) is 16.0 Å². The molecule has 0 radical (unpaired) electrons. The molecule has 0 fully saturated rings. The van der Waals surface area contributed by atoms with Gasteiger partial charge in [0.1, 0.15) is 0 Å². The highest BCUT2D eigenvalue weighted by Crippen LogP contribution is 2.28. The van der Waals surface area contributed by atoms with Gasteiger partial charge in [-0.05, 0) is 51.0 Å². The van der Waals surface area contributed by atoms with Crippen LogP contribution in [0.25, 0.3) is 0 Å². The molecule has 5 nitrogen and oxygen atoms in total.